The van der Waals surface area contributed by atoms with Crippen LogP contribution in [0.2, 0.25) is 0 Å². The van der Waals surface area contributed by atoms with E-state index in [0.717, 1.165) is 0 Å². The molecule has 0 unspecified atom stereocenters. The molecule has 1 nitrogen and oxygen atoms in total. The van der Waals surface area contributed by atoms with E-state index in [9.17, 15) is 8.78 Å². The SMILES string of the molecule is Fc1cc(Br)cc(Oc2ccc(CCl)cc2F)c1. The molecule has 2 aromatic rings. The van der Waals surface area contributed by atoms with Gasteiger partial charge in [0, 0.05) is 16.4 Å². The lowest BCUT2D eigenvalue weighted by Gasteiger charge is -2.08. The average Bonchev–Trinajstić information content (AvgIpc) is 2.30. The predicted molar refractivity (Wildman–Crippen MR) is 70.1 cm³/mol. The Morgan fingerprint density at radius 3 is 2.50 bits per heavy atom. The molecule has 0 aromatic heterocycles. The van der Waals surface area contributed by atoms with Crippen molar-refractivity contribution in [1.82, 2.24) is 0 Å². The fourth-order valence-corrected chi connectivity index (χ4v) is 2.04. The third kappa shape index (κ3) is 3.21. The summed E-state index contributed by atoms with van der Waals surface area (Å²) in [6.07, 6.45) is 0. The van der Waals surface area contributed by atoms with Crippen molar-refractivity contribution < 1.29 is 13.5 Å². The molecule has 94 valence electrons. The van der Waals surface area contributed by atoms with Gasteiger partial charge >= 0.3 is 0 Å². The average molecular weight is 334 g/mol. The Labute approximate surface area is 116 Å². The van der Waals surface area contributed by atoms with E-state index < -0.39 is 11.6 Å². The van der Waals surface area contributed by atoms with Crippen molar-refractivity contribution in [2.24, 2.45) is 0 Å². The zero-order valence-corrected chi connectivity index (χ0v) is 11.4. The van der Waals surface area contributed by atoms with Crippen molar-refractivity contribution in [3.63, 3.8) is 0 Å². The molecule has 0 aliphatic heterocycles. The minimum Gasteiger partial charge on any atom is -0.454 e. The van der Waals surface area contributed by atoms with Gasteiger partial charge in [0.05, 0.1) is 0 Å². The summed E-state index contributed by atoms with van der Waals surface area (Å²) in [6, 6.07) is 8.43. The number of halogens is 4. The number of hydrogen-bond donors (Lipinski definition) is 0. The van der Waals surface area contributed by atoms with Crippen molar-refractivity contribution in [1.29, 1.82) is 0 Å². The van der Waals surface area contributed by atoms with Gasteiger partial charge in [0.2, 0.25) is 0 Å². The lowest BCUT2D eigenvalue weighted by Crippen LogP contribution is -1.91. The van der Waals surface area contributed by atoms with Crippen molar-refractivity contribution in [2.45, 2.75) is 5.88 Å². The van der Waals surface area contributed by atoms with E-state index in [1.54, 1.807) is 12.1 Å². The van der Waals surface area contributed by atoms with Crippen LogP contribution in [0.5, 0.6) is 11.5 Å². The van der Waals surface area contributed by atoms with Gasteiger partial charge in [-0.15, -0.1) is 11.6 Å². The zero-order valence-electron chi connectivity index (χ0n) is 9.09. The molecule has 0 atom stereocenters. The van der Waals surface area contributed by atoms with Crippen LogP contribution in [0.1, 0.15) is 5.56 Å². The van der Waals surface area contributed by atoms with Crippen LogP contribution < -0.4 is 4.74 Å². The Morgan fingerprint density at radius 2 is 1.89 bits per heavy atom. The van der Waals surface area contributed by atoms with Gasteiger partial charge in [-0.2, -0.15) is 0 Å². The zero-order chi connectivity index (χ0) is 13.1. The van der Waals surface area contributed by atoms with Gasteiger partial charge in [0.15, 0.2) is 11.6 Å². The summed E-state index contributed by atoms with van der Waals surface area (Å²) in [5.41, 5.74) is 0.655. The molecule has 0 saturated heterocycles. The second kappa shape index (κ2) is 5.67. The maximum absolute atomic E-state index is 13.6. The number of hydrogen-bond acceptors (Lipinski definition) is 1. The third-order valence-corrected chi connectivity index (χ3v) is 2.98. The Bertz CT molecular complexity index is 555. The van der Waals surface area contributed by atoms with Crippen molar-refractivity contribution in [3.05, 3.63) is 58.1 Å². The summed E-state index contributed by atoms with van der Waals surface area (Å²) >= 11 is 8.73. The van der Waals surface area contributed by atoms with Crippen LogP contribution in [0, 0.1) is 11.6 Å². The highest BCUT2D eigenvalue weighted by molar-refractivity contribution is 9.10. The lowest BCUT2D eigenvalue weighted by molar-refractivity contribution is 0.438. The predicted octanol–water partition coefficient (Wildman–Crippen LogP) is 5.26. The van der Waals surface area contributed by atoms with Gasteiger partial charge in [-0.05, 0) is 29.8 Å². The number of benzene rings is 2. The van der Waals surface area contributed by atoms with Crippen LogP contribution in [0.3, 0.4) is 0 Å². The van der Waals surface area contributed by atoms with Crippen molar-refractivity contribution in [3.8, 4) is 11.5 Å². The third-order valence-electron chi connectivity index (χ3n) is 2.21. The lowest BCUT2D eigenvalue weighted by atomic mass is 10.2. The highest BCUT2D eigenvalue weighted by atomic mass is 79.9. The monoisotopic (exact) mass is 332 g/mol. The second-order valence-electron chi connectivity index (χ2n) is 3.61. The summed E-state index contributed by atoms with van der Waals surface area (Å²) in [5, 5.41) is 0. The topological polar surface area (TPSA) is 9.23 Å². The molecule has 2 aromatic carbocycles. The van der Waals surface area contributed by atoms with Crippen molar-refractivity contribution in [2.75, 3.05) is 0 Å². The van der Waals surface area contributed by atoms with Gasteiger partial charge in [0.1, 0.15) is 11.6 Å². The Hall–Kier alpha value is -1.13. The standard InChI is InChI=1S/C13H8BrClF2O/c14-9-4-10(16)6-11(5-9)18-13-2-1-8(7-15)3-12(13)17/h1-6H,7H2. The summed E-state index contributed by atoms with van der Waals surface area (Å²) in [5.74, 6) is -0.519. The van der Waals surface area contributed by atoms with Crippen molar-refractivity contribution >= 4 is 27.5 Å². The van der Waals surface area contributed by atoms with Crippen LogP contribution in [0.25, 0.3) is 0 Å². The first-order valence-electron chi connectivity index (χ1n) is 5.07. The second-order valence-corrected chi connectivity index (χ2v) is 4.79. The molecule has 0 saturated carbocycles. The largest absolute Gasteiger partial charge is 0.454 e. The molecule has 18 heavy (non-hydrogen) atoms. The summed E-state index contributed by atoms with van der Waals surface area (Å²) in [4.78, 5) is 0. The fourth-order valence-electron chi connectivity index (χ4n) is 1.42. The quantitative estimate of drug-likeness (QED) is 0.696. The molecule has 0 radical (unpaired) electrons. The first kappa shape index (κ1) is 13.3. The van der Waals surface area contributed by atoms with Crippen LogP contribution >= 0.6 is 27.5 Å². The molecule has 0 bridgehead atoms. The Morgan fingerprint density at radius 1 is 1.11 bits per heavy atom. The minimum absolute atomic E-state index is 0.0290. The number of alkyl halides is 1. The Kier molecular flexibility index (Phi) is 4.19. The molecule has 0 spiro atoms. The smallest absolute Gasteiger partial charge is 0.166 e. The van der Waals surface area contributed by atoms with Gasteiger partial charge in [-0.1, -0.05) is 22.0 Å². The number of ether oxygens (including phenoxy) is 1. The molecular weight excluding hydrogens is 325 g/mol. The molecule has 0 aliphatic rings. The van der Waals surface area contributed by atoms with Crippen LogP contribution in [0.15, 0.2) is 40.9 Å². The van der Waals surface area contributed by atoms with E-state index in [1.165, 1.54) is 24.3 Å². The van der Waals surface area contributed by atoms with Gasteiger partial charge < -0.3 is 4.74 Å². The summed E-state index contributed by atoms with van der Waals surface area (Å²) in [7, 11) is 0. The highest BCUT2D eigenvalue weighted by Crippen LogP contribution is 2.28. The molecule has 0 N–H and O–H groups in total. The van der Waals surface area contributed by atoms with E-state index in [0.29, 0.717) is 10.0 Å². The van der Waals surface area contributed by atoms with Crippen LogP contribution in [-0.4, -0.2) is 0 Å². The molecule has 2 rings (SSSR count). The molecule has 5 heteroatoms. The molecule has 0 aliphatic carbocycles. The van der Waals surface area contributed by atoms with Gasteiger partial charge in [-0.3, -0.25) is 0 Å². The molecule has 0 heterocycles. The molecule has 0 fully saturated rings. The summed E-state index contributed by atoms with van der Waals surface area (Å²) < 4.78 is 32.6. The van der Waals surface area contributed by atoms with E-state index in [2.05, 4.69) is 15.9 Å². The first-order chi connectivity index (χ1) is 8.58. The highest BCUT2D eigenvalue weighted by Gasteiger charge is 2.07. The molecule has 0 amide bonds. The fraction of sp³-hybridized carbons (Fsp3) is 0.0769. The summed E-state index contributed by atoms with van der Waals surface area (Å²) in [6.45, 7) is 0. The molecular formula is C13H8BrClF2O. The number of rotatable bonds is 3. The Balaban J connectivity index is 2.28. The van der Waals surface area contributed by atoms with E-state index >= 15 is 0 Å². The van der Waals surface area contributed by atoms with Crippen LogP contribution in [0.4, 0.5) is 8.78 Å². The van der Waals surface area contributed by atoms with Gasteiger partial charge in [-0.25, -0.2) is 8.78 Å². The normalized spacial score (nSPS) is 10.4. The maximum Gasteiger partial charge on any atom is 0.166 e. The van der Waals surface area contributed by atoms with E-state index in [-0.39, 0.29) is 17.4 Å². The maximum atomic E-state index is 13.6. The first-order valence-corrected chi connectivity index (χ1v) is 6.39. The van der Waals surface area contributed by atoms with E-state index in [1.807, 2.05) is 0 Å². The van der Waals surface area contributed by atoms with Gasteiger partial charge in [0.25, 0.3) is 0 Å². The van der Waals surface area contributed by atoms with Crippen LogP contribution in [-0.2, 0) is 5.88 Å². The van der Waals surface area contributed by atoms with E-state index in [4.69, 9.17) is 16.3 Å². The minimum atomic E-state index is -0.534.